The zero-order chi connectivity index (χ0) is 17.0. The molecule has 0 saturated carbocycles. The van der Waals surface area contributed by atoms with E-state index < -0.39 is 28.0 Å². The van der Waals surface area contributed by atoms with Crippen molar-refractivity contribution >= 4 is 16.0 Å². The van der Waals surface area contributed by atoms with Crippen LogP contribution in [0.1, 0.15) is 12.5 Å². The van der Waals surface area contributed by atoms with Crippen LogP contribution in [0.15, 0.2) is 18.2 Å². The summed E-state index contributed by atoms with van der Waals surface area (Å²) < 4.78 is 69.6. The van der Waals surface area contributed by atoms with Crippen molar-refractivity contribution in [2.75, 3.05) is 13.7 Å². The highest BCUT2D eigenvalue weighted by Crippen LogP contribution is 2.25. The first-order valence-electron chi connectivity index (χ1n) is 5.98. The number of carbonyl (C=O) groups excluding carboxylic acids is 1. The largest absolute Gasteiger partial charge is 0.511 e. The third-order valence-corrected chi connectivity index (χ3v) is 3.71. The molecule has 0 radical (unpaired) electrons. The average molecular weight is 341 g/mol. The molecule has 6 nitrogen and oxygen atoms in total. The van der Waals surface area contributed by atoms with Crippen LogP contribution in [0, 0.1) is 0 Å². The van der Waals surface area contributed by atoms with Gasteiger partial charge in [0.1, 0.15) is 11.5 Å². The van der Waals surface area contributed by atoms with Gasteiger partial charge in [-0.2, -0.15) is 13.2 Å². The number of ether oxygens (including phenoxy) is 2. The second-order valence-corrected chi connectivity index (χ2v) is 5.92. The van der Waals surface area contributed by atoms with E-state index in [1.165, 1.54) is 37.0 Å². The first kappa shape index (κ1) is 18.2. The molecule has 0 unspecified atom stereocenters. The van der Waals surface area contributed by atoms with Gasteiger partial charge < -0.3 is 9.47 Å². The number of rotatable bonds is 6. The molecule has 0 aliphatic carbocycles. The molecule has 1 N–H and O–H groups in total. The van der Waals surface area contributed by atoms with E-state index in [1.54, 1.807) is 0 Å². The Balaban J connectivity index is 2.86. The van der Waals surface area contributed by atoms with Gasteiger partial charge in [-0.1, -0.05) is 0 Å². The molecule has 0 aliphatic heterocycles. The summed E-state index contributed by atoms with van der Waals surface area (Å²) in [5.41, 5.74) is -5.04. The normalized spacial score (nSPS) is 12.0. The van der Waals surface area contributed by atoms with E-state index in [-0.39, 0.29) is 12.2 Å². The van der Waals surface area contributed by atoms with Crippen molar-refractivity contribution in [3.63, 3.8) is 0 Å². The minimum absolute atomic E-state index is 0.116. The van der Waals surface area contributed by atoms with Gasteiger partial charge in [-0.05, 0) is 30.2 Å². The lowest BCUT2D eigenvalue weighted by molar-refractivity contribution is -0.131. The van der Waals surface area contributed by atoms with E-state index in [2.05, 4.69) is 0 Å². The number of benzene rings is 1. The Morgan fingerprint density at radius 2 is 1.95 bits per heavy atom. The molecule has 0 fully saturated rings. The van der Waals surface area contributed by atoms with Crippen molar-refractivity contribution in [1.29, 1.82) is 0 Å². The molecule has 0 saturated heterocycles. The Bertz CT molecular complexity index is 643. The molecule has 0 aliphatic rings. The Morgan fingerprint density at radius 1 is 1.32 bits per heavy atom. The lowest BCUT2D eigenvalue weighted by Gasteiger charge is -2.12. The third-order valence-electron chi connectivity index (χ3n) is 2.51. The van der Waals surface area contributed by atoms with E-state index in [9.17, 15) is 26.4 Å². The minimum atomic E-state index is -5.41. The van der Waals surface area contributed by atoms with Crippen molar-refractivity contribution in [3.05, 3.63) is 23.8 Å². The fraction of sp³-hybridized carbons (Fsp3) is 0.417. The topological polar surface area (TPSA) is 81.7 Å². The smallest absolute Gasteiger partial charge is 0.497 e. The van der Waals surface area contributed by atoms with Crippen molar-refractivity contribution in [2.45, 2.75) is 18.9 Å². The maximum absolute atomic E-state index is 12.2. The zero-order valence-electron chi connectivity index (χ0n) is 11.7. The summed E-state index contributed by atoms with van der Waals surface area (Å²) >= 11 is 0. The quantitative estimate of drug-likeness (QED) is 0.628. The third kappa shape index (κ3) is 4.88. The number of sulfonamides is 1. The summed E-state index contributed by atoms with van der Waals surface area (Å²) in [6.45, 7) is 0.656. The van der Waals surface area contributed by atoms with Gasteiger partial charge in [0.25, 0.3) is 0 Å². The van der Waals surface area contributed by atoms with Gasteiger partial charge in [0.15, 0.2) is 0 Å². The van der Waals surface area contributed by atoms with Crippen molar-refractivity contribution in [2.24, 2.45) is 0 Å². The van der Waals surface area contributed by atoms with Gasteiger partial charge in [-0.25, -0.2) is 13.1 Å². The number of hydrogen-bond acceptors (Lipinski definition) is 5. The first-order chi connectivity index (χ1) is 10.1. The highest BCUT2D eigenvalue weighted by Gasteiger charge is 2.45. The fourth-order valence-electron chi connectivity index (χ4n) is 1.53. The standard InChI is InChI=1S/C12H14F3NO5S/c1-8(17)21-11-4-3-10(20-2)7-9(11)5-6-16-22(18,19)12(13,14)15/h3-4,7,16H,5-6H2,1-2H3. The molecule has 1 aromatic rings. The number of carbonyl (C=O) groups is 1. The molecule has 0 amide bonds. The molecule has 10 heteroatoms. The second kappa shape index (κ2) is 6.97. The van der Waals surface area contributed by atoms with E-state index in [4.69, 9.17) is 9.47 Å². The second-order valence-electron chi connectivity index (χ2n) is 4.16. The Labute approximate surface area is 125 Å². The molecular weight excluding hydrogens is 327 g/mol. The van der Waals surface area contributed by atoms with Crippen LogP contribution in [0.25, 0.3) is 0 Å². The van der Waals surface area contributed by atoms with E-state index >= 15 is 0 Å². The number of nitrogens with one attached hydrogen (secondary N) is 1. The lowest BCUT2D eigenvalue weighted by atomic mass is 10.1. The maximum Gasteiger partial charge on any atom is 0.511 e. The van der Waals surface area contributed by atoms with Crippen LogP contribution < -0.4 is 14.2 Å². The summed E-state index contributed by atoms with van der Waals surface area (Å²) in [5, 5.41) is 0. The van der Waals surface area contributed by atoms with Crippen LogP contribution in [-0.2, 0) is 21.2 Å². The molecule has 124 valence electrons. The van der Waals surface area contributed by atoms with Crippen LogP contribution in [0.5, 0.6) is 11.5 Å². The summed E-state index contributed by atoms with van der Waals surface area (Å²) in [6, 6.07) is 4.36. The summed E-state index contributed by atoms with van der Waals surface area (Å²) in [5.74, 6) is -0.0913. The molecule has 0 heterocycles. The number of alkyl halides is 3. The van der Waals surface area contributed by atoms with Crippen molar-refractivity contribution < 1.29 is 35.9 Å². The molecule has 0 bridgehead atoms. The number of methoxy groups -OCH3 is 1. The van der Waals surface area contributed by atoms with Gasteiger partial charge in [0.2, 0.25) is 0 Å². The highest BCUT2D eigenvalue weighted by molar-refractivity contribution is 7.90. The summed E-state index contributed by atoms with van der Waals surface area (Å²) in [7, 11) is -4.02. The van der Waals surface area contributed by atoms with E-state index in [0.29, 0.717) is 11.3 Å². The molecule has 0 aromatic heterocycles. The molecule has 1 aromatic carbocycles. The van der Waals surface area contributed by atoms with Crippen LogP contribution in [0.2, 0.25) is 0 Å². The molecule has 22 heavy (non-hydrogen) atoms. The maximum atomic E-state index is 12.2. The van der Waals surface area contributed by atoms with Crippen LogP contribution in [0.3, 0.4) is 0 Å². The van der Waals surface area contributed by atoms with Gasteiger partial charge in [0.05, 0.1) is 7.11 Å². The molecule has 0 spiro atoms. The summed E-state index contributed by atoms with van der Waals surface area (Å²) in [4.78, 5) is 11.0. The average Bonchev–Trinajstić information content (AvgIpc) is 2.38. The Kier molecular flexibility index (Phi) is 5.78. The predicted molar refractivity (Wildman–Crippen MR) is 71.0 cm³/mol. The molecular formula is C12H14F3NO5S. The van der Waals surface area contributed by atoms with Gasteiger partial charge in [-0.15, -0.1) is 0 Å². The number of esters is 1. The van der Waals surface area contributed by atoms with E-state index in [0.717, 1.165) is 0 Å². The Hall–Kier alpha value is -1.81. The van der Waals surface area contributed by atoms with Crippen LogP contribution in [0.4, 0.5) is 13.2 Å². The van der Waals surface area contributed by atoms with Crippen LogP contribution >= 0.6 is 0 Å². The molecule has 1 rings (SSSR count). The van der Waals surface area contributed by atoms with E-state index in [1.807, 2.05) is 0 Å². The zero-order valence-corrected chi connectivity index (χ0v) is 12.5. The number of hydrogen-bond donors (Lipinski definition) is 1. The van der Waals surface area contributed by atoms with Crippen molar-refractivity contribution in [1.82, 2.24) is 4.72 Å². The summed E-state index contributed by atoms with van der Waals surface area (Å²) in [6.07, 6.45) is -0.116. The van der Waals surface area contributed by atoms with Gasteiger partial charge in [-0.3, -0.25) is 4.79 Å². The van der Waals surface area contributed by atoms with Crippen molar-refractivity contribution in [3.8, 4) is 11.5 Å². The SMILES string of the molecule is COc1ccc(OC(C)=O)c(CCNS(=O)(=O)C(F)(F)F)c1. The van der Waals surface area contributed by atoms with Gasteiger partial charge in [0, 0.05) is 13.5 Å². The minimum Gasteiger partial charge on any atom is -0.497 e. The number of halogens is 3. The predicted octanol–water partition coefficient (Wildman–Crippen LogP) is 1.60. The van der Waals surface area contributed by atoms with Gasteiger partial charge >= 0.3 is 21.5 Å². The first-order valence-corrected chi connectivity index (χ1v) is 7.46. The van der Waals surface area contributed by atoms with Crippen LogP contribution in [-0.4, -0.2) is 33.5 Å². The Morgan fingerprint density at radius 3 is 2.45 bits per heavy atom. The lowest BCUT2D eigenvalue weighted by Crippen LogP contribution is -2.37. The molecule has 0 atom stereocenters. The monoisotopic (exact) mass is 341 g/mol. The fourth-order valence-corrected chi connectivity index (χ4v) is 2.07. The highest BCUT2D eigenvalue weighted by atomic mass is 32.2.